The number of imidazole rings is 1. The Morgan fingerprint density at radius 1 is 1.03 bits per heavy atom. The number of nitrogens with zero attached hydrogens (tertiary/aromatic N) is 4. The fraction of sp³-hybridized carbons (Fsp3) is 0.600. The van der Waals surface area contributed by atoms with E-state index in [1.165, 1.54) is 18.5 Å². The van der Waals surface area contributed by atoms with Gasteiger partial charge in [-0.3, -0.25) is 4.79 Å². The largest absolute Gasteiger partial charge is 0.372 e. The third kappa shape index (κ3) is 4.95. The van der Waals surface area contributed by atoms with Crippen LogP contribution in [0.3, 0.4) is 0 Å². The molecule has 6 heteroatoms. The van der Waals surface area contributed by atoms with E-state index in [4.69, 9.17) is 0 Å². The van der Waals surface area contributed by atoms with E-state index < -0.39 is 0 Å². The van der Waals surface area contributed by atoms with Crippen molar-refractivity contribution in [1.29, 1.82) is 0 Å². The molecule has 2 aromatic rings. The Kier molecular flexibility index (Phi) is 6.65. The summed E-state index contributed by atoms with van der Waals surface area (Å²) >= 11 is 0. The summed E-state index contributed by atoms with van der Waals surface area (Å²) in [5.41, 5.74) is 3.95. The number of piperidine rings is 2. The molecule has 2 aliphatic heterocycles. The lowest BCUT2D eigenvalue weighted by molar-refractivity contribution is 0.0945. The van der Waals surface area contributed by atoms with Crippen LogP contribution in [0, 0.1) is 19.8 Å². The minimum atomic E-state index is -0.0821. The van der Waals surface area contributed by atoms with Gasteiger partial charge < -0.3 is 19.7 Å². The van der Waals surface area contributed by atoms with Crippen LogP contribution in [0.4, 0.5) is 5.69 Å². The maximum Gasteiger partial charge on any atom is 0.272 e. The number of nitrogens with one attached hydrogen (secondary N) is 1. The average Bonchev–Trinajstić information content (AvgIpc) is 3.08. The van der Waals surface area contributed by atoms with Gasteiger partial charge in [0.1, 0.15) is 11.5 Å². The Balaban J connectivity index is 1.36. The Labute approximate surface area is 186 Å². The van der Waals surface area contributed by atoms with E-state index in [0.29, 0.717) is 18.3 Å². The van der Waals surface area contributed by atoms with Crippen LogP contribution in [0.15, 0.2) is 24.3 Å². The van der Waals surface area contributed by atoms with E-state index in [9.17, 15) is 4.79 Å². The Bertz CT molecular complexity index is 887. The molecule has 1 N–H and O–H groups in total. The number of benzene rings is 1. The molecular weight excluding hydrogens is 386 g/mol. The Morgan fingerprint density at radius 3 is 2.32 bits per heavy atom. The molecule has 1 aromatic heterocycles. The van der Waals surface area contributed by atoms with Gasteiger partial charge in [0.05, 0.1) is 0 Å². The van der Waals surface area contributed by atoms with Crippen molar-refractivity contribution in [1.82, 2.24) is 19.8 Å². The topological polar surface area (TPSA) is 53.4 Å². The second-order valence-electron chi connectivity index (χ2n) is 9.52. The van der Waals surface area contributed by atoms with Crippen molar-refractivity contribution in [3.63, 3.8) is 0 Å². The highest BCUT2D eigenvalue weighted by Crippen LogP contribution is 2.27. The van der Waals surface area contributed by atoms with Crippen LogP contribution < -0.4 is 10.2 Å². The molecule has 2 fully saturated rings. The average molecular weight is 424 g/mol. The molecule has 0 spiro atoms. The van der Waals surface area contributed by atoms with Crippen molar-refractivity contribution in [2.45, 2.75) is 59.0 Å². The molecule has 0 saturated carbocycles. The van der Waals surface area contributed by atoms with E-state index >= 15 is 0 Å². The number of carbonyl (C=O) groups is 1. The summed E-state index contributed by atoms with van der Waals surface area (Å²) in [7, 11) is 2.17. The highest BCUT2D eigenvalue weighted by atomic mass is 16.1. The molecule has 2 saturated heterocycles. The smallest absolute Gasteiger partial charge is 0.272 e. The van der Waals surface area contributed by atoms with E-state index in [2.05, 4.69) is 62.9 Å². The predicted molar refractivity (Wildman–Crippen MR) is 126 cm³/mol. The maximum atomic E-state index is 12.9. The minimum Gasteiger partial charge on any atom is -0.372 e. The lowest BCUT2D eigenvalue weighted by atomic mass is 9.99. The van der Waals surface area contributed by atoms with Gasteiger partial charge in [0.15, 0.2) is 0 Å². The molecule has 0 unspecified atom stereocenters. The first-order valence-electron chi connectivity index (χ1n) is 11.8. The molecular formula is C25H37N5O. The summed E-state index contributed by atoms with van der Waals surface area (Å²) in [6.07, 6.45) is 4.75. The number of aromatic nitrogens is 2. The van der Waals surface area contributed by atoms with Crippen LogP contribution >= 0.6 is 0 Å². The summed E-state index contributed by atoms with van der Waals surface area (Å²) in [5, 5.41) is 3.07. The second kappa shape index (κ2) is 9.43. The molecule has 3 heterocycles. The summed E-state index contributed by atoms with van der Waals surface area (Å²) in [4.78, 5) is 22.3. The maximum absolute atomic E-state index is 12.9. The third-order valence-corrected chi connectivity index (χ3v) is 7.13. The number of aryl methyl sites for hydroxylation is 1. The van der Waals surface area contributed by atoms with Crippen molar-refractivity contribution >= 4 is 11.6 Å². The number of amides is 1. The van der Waals surface area contributed by atoms with Gasteiger partial charge in [-0.25, -0.2) is 4.98 Å². The van der Waals surface area contributed by atoms with Crippen LogP contribution in [0.1, 0.15) is 66.2 Å². The van der Waals surface area contributed by atoms with E-state index in [0.717, 1.165) is 62.0 Å². The lowest BCUT2D eigenvalue weighted by Crippen LogP contribution is -2.32. The minimum absolute atomic E-state index is 0.0821. The van der Waals surface area contributed by atoms with Crippen molar-refractivity contribution in [3.05, 3.63) is 47.0 Å². The van der Waals surface area contributed by atoms with Gasteiger partial charge >= 0.3 is 0 Å². The molecule has 0 bridgehead atoms. The van der Waals surface area contributed by atoms with E-state index in [1.54, 1.807) is 0 Å². The fourth-order valence-corrected chi connectivity index (χ4v) is 5.02. The molecule has 2 aliphatic rings. The molecule has 6 nitrogen and oxygen atoms in total. The highest BCUT2D eigenvalue weighted by molar-refractivity contribution is 5.93. The van der Waals surface area contributed by atoms with Crippen LogP contribution in [-0.4, -0.2) is 53.6 Å². The van der Waals surface area contributed by atoms with Gasteiger partial charge in [0.25, 0.3) is 5.91 Å². The molecule has 0 aliphatic carbocycles. The molecule has 0 radical (unpaired) electrons. The number of hydrogen-bond donors (Lipinski definition) is 1. The molecule has 1 aromatic carbocycles. The standard InChI is InChI=1S/C25H37N5O/c1-18-9-15-29(16-10-18)22-7-5-21(6-8-22)17-26-25(31)24-19(2)30(20(3)27-24)23-11-13-28(4)14-12-23/h5-8,18,23H,9-17H2,1-4H3,(H,26,31). The summed E-state index contributed by atoms with van der Waals surface area (Å²) in [5.74, 6) is 1.69. The molecule has 0 atom stereocenters. The van der Waals surface area contributed by atoms with Gasteiger partial charge in [-0.2, -0.15) is 0 Å². The number of carbonyl (C=O) groups excluding carboxylic acids is 1. The van der Waals surface area contributed by atoms with Crippen LogP contribution in [-0.2, 0) is 6.54 Å². The number of hydrogen-bond acceptors (Lipinski definition) is 4. The van der Waals surface area contributed by atoms with Crippen LogP contribution in [0.5, 0.6) is 0 Å². The van der Waals surface area contributed by atoms with Gasteiger partial charge in [-0.05, 0) is 83.3 Å². The van der Waals surface area contributed by atoms with E-state index in [-0.39, 0.29) is 5.91 Å². The Morgan fingerprint density at radius 2 is 1.68 bits per heavy atom. The normalized spacial score (nSPS) is 19.0. The second-order valence-corrected chi connectivity index (χ2v) is 9.52. The first-order valence-corrected chi connectivity index (χ1v) is 11.8. The van der Waals surface area contributed by atoms with Gasteiger partial charge in [0.2, 0.25) is 0 Å². The molecule has 4 rings (SSSR count). The quantitative estimate of drug-likeness (QED) is 0.792. The summed E-state index contributed by atoms with van der Waals surface area (Å²) in [6.45, 7) is 11.4. The Hall–Kier alpha value is -2.34. The first kappa shape index (κ1) is 21.9. The van der Waals surface area contributed by atoms with Gasteiger partial charge in [-0.1, -0.05) is 19.1 Å². The zero-order valence-electron chi connectivity index (χ0n) is 19.5. The molecule has 168 valence electrons. The summed E-state index contributed by atoms with van der Waals surface area (Å²) < 4.78 is 2.27. The van der Waals surface area contributed by atoms with Crippen molar-refractivity contribution < 1.29 is 4.79 Å². The zero-order valence-corrected chi connectivity index (χ0v) is 19.5. The van der Waals surface area contributed by atoms with Crippen LogP contribution in [0.2, 0.25) is 0 Å². The first-order chi connectivity index (χ1) is 14.9. The van der Waals surface area contributed by atoms with Crippen LogP contribution in [0.25, 0.3) is 0 Å². The predicted octanol–water partition coefficient (Wildman–Crippen LogP) is 3.93. The van der Waals surface area contributed by atoms with Gasteiger partial charge in [0, 0.05) is 37.1 Å². The molecule has 1 amide bonds. The SMILES string of the molecule is Cc1nc(C(=O)NCc2ccc(N3CCC(C)CC3)cc2)c(C)n1C1CCN(C)CC1. The number of likely N-dealkylation sites (tertiary alicyclic amines) is 1. The van der Waals surface area contributed by atoms with Crippen molar-refractivity contribution in [2.75, 3.05) is 38.1 Å². The molecule has 31 heavy (non-hydrogen) atoms. The summed E-state index contributed by atoms with van der Waals surface area (Å²) in [6, 6.07) is 9.06. The van der Waals surface area contributed by atoms with Crippen molar-refractivity contribution in [2.24, 2.45) is 5.92 Å². The van der Waals surface area contributed by atoms with E-state index in [1.807, 2.05) is 13.8 Å². The zero-order chi connectivity index (χ0) is 22.0. The lowest BCUT2D eigenvalue weighted by Gasteiger charge is -2.32. The van der Waals surface area contributed by atoms with Crippen molar-refractivity contribution in [3.8, 4) is 0 Å². The number of anilines is 1. The van der Waals surface area contributed by atoms with Gasteiger partial charge in [-0.15, -0.1) is 0 Å². The monoisotopic (exact) mass is 423 g/mol. The third-order valence-electron chi connectivity index (χ3n) is 7.13. The highest BCUT2D eigenvalue weighted by Gasteiger charge is 2.25. The fourth-order valence-electron chi connectivity index (χ4n) is 5.02. The number of rotatable bonds is 5.